The Bertz CT molecular complexity index is 1250. The fourth-order valence-electron chi connectivity index (χ4n) is 3.64. The molecule has 1 atom stereocenters. The molecular weight excluding hydrogens is 384 g/mol. The van der Waals surface area contributed by atoms with Crippen LogP contribution in [0.5, 0.6) is 0 Å². The van der Waals surface area contributed by atoms with Gasteiger partial charge in [-0.25, -0.2) is 4.98 Å². The van der Waals surface area contributed by atoms with Crippen molar-refractivity contribution in [1.29, 1.82) is 0 Å². The number of nitrogens with zero attached hydrogens (tertiary/aromatic N) is 1. The molecule has 1 aliphatic heterocycles. The van der Waals surface area contributed by atoms with Gasteiger partial charge in [-0.3, -0.25) is 14.9 Å². The molecule has 1 fully saturated rings. The van der Waals surface area contributed by atoms with Crippen molar-refractivity contribution >= 4 is 44.8 Å². The van der Waals surface area contributed by atoms with E-state index >= 15 is 0 Å². The quantitative estimate of drug-likeness (QED) is 0.526. The second-order valence-corrected chi connectivity index (χ2v) is 8.35. The van der Waals surface area contributed by atoms with Crippen molar-refractivity contribution in [1.82, 2.24) is 10.3 Å². The smallest absolute Gasteiger partial charge is 0.286 e. The zero-order valence-corrected chi connectivity index (χ0v) is 16.4. The van der Waals surface area contributed by atoms with Gasteiger partial charge in [0.1, 0.15) is 5.52 Å². The number of thioether (sulfide) groups is 1. The van der Waals surface area contributed by atoms with E-state index in [0.29, 0.717) is 12.3 Å². The van der Waals surface area contributed by atoms with E-state index in [0.717, 1.165) is 41.3 Å². The Morgan fingerprint density at radius 1 is 0.931 bits per heavy atom. The number of hydrogen-bond donors (Lipinski definition) is 1. The Balaban J connectivity index is 1.30. The lowest BCUT2D eigenvalue weighted by atomic mass is 10.0. The van der Waals surface area contributed by atoms with Gasteiger partial charge in [0.2, 0.25) is 5.91 Å². The number of benzene rings is 3. The van der Waals surface area contributed by atoms with Crippen molar-refractivity contribution in [3.05, 3.63) is 77.7 Å². The van der Waals surface area contributed by atoms with Gasteiger partial charge in [-0.15, -0.1) is 0 Å². The first-order chi connectivity index (χ1) is 14.1. The van der Waals surface area contributed by atoms with Crippen molar-refractivity contribution < 1.29 is 14.0 Å². The van der Waals surface area contributed by atoms with Gasteiger partial charge in [0.05, 0.1) is 5.25 Å². The highest BCUT2D eigenvalue weighted by atomic mass is 32.2. The first kappa shape index (κ1) is 17.9. The molecule has 5 rings (SSSR count). The van der Waals surface area contributed by atoms with Gasteiger partial charge in [0.25, 0.3) is 5.24 Å². The molecule has 0 saturated carbocycles. The molecule has 0 spiro atoms. The number of fused-ring (bicyclic) bond motifs is 2. The van der Waals surface area contributed by atoms with E-state index in [4.69, 9.17) is 4.42 Å². The number of nitrogens with one attached hydrogen (secondary N) is 1. The molecule has 1 unspecified atom stereocenters. The zero-order chi connectivity index (χ0) is 19.8. The maximum absolute atomic E-state index is 11.8. The number of rotatable bonds is 5. The maximum atomic E-state index is 11.8. The molecule has 1 saturated heterocycles. The third-order valence-corrected chi connectivity index (χ3v) is 6.11. The summed E-state index contributed by atoms with van der Waals surface area (Å²) in [5.74, 6) is 0.477. The van der Waals surface area contributed by atoms with Gasteiger partial charge >= 0.3 is 0 Å². The topological polar surface area (TPSA) is 72.2 Å². The number of hydrogen-bond acceptors (Lipinski definition) is 5. The van der Waals surface area contributed by atoms with Crippen LogP contribution in [0.25, 0.3) is 21.9 Å². The largest absolute Gasteiger partial charge is 0.441 e. The fourth-order valence-corrected chi connectivity index (χ4v) is 4.50. The molecule has 1 N–H and O–H groups in total. The maximum Gasteiger partial charge on any atom is 0.286 e. The Morgan fingerprint density at radius 3 is 2.59 bits per heavy atom. The van der Waals surface area contributed by atoms with Crippen LogP contribution < -0.4 is 5.32 Å². The second-order valence-electron chi connectivity index (χ2n) is 7.18. The van der Waals surface area contributed by atoms with E-state index in [1.54, 1.807) is 0 Å². The summed E-state index contributed by atoms with van der Waals surface area (Å²) >= 11 is 1.04. The van der Waals surface area contributed by atoms with Crippen molar-refractivity contribution in [3.8, 4) is 0 Å². The summed E-state index contributed by atoms with van der Waals surface area (Å²) in [6.45, 7) is 0. The van der Waals surface area contributed by atoms with Gasteiger partial charge in [-0.05, 0) is 46.9 Å². The lowest BCUT2D eigenvalue weighted by molar-refractivity contribution is -0.118. The Hall–Kier alpha value is -3.12. The number of carbonyl (C=O) groups excluding carboxylic acids is 2. The van der Waals surface area contributed by atoms with E-state index < -0.39 is 0 Å². The lowest BCUT2D eigenvalue weighted by Crippen LogP contribution is -2.25. The standard InChI is InChI=1S/C23H18N2O3S/c26-22-20(29-23(27)25-22)13-15-6-9-19-18(12-15)24-21(28-19)10-7-14-5-8-16-3-1-2-4-17(16)11-14/h1-6,8-9,11-12,20H,7,10,13H2,(H,25,26,27). The van der Waals surface area contributed by atoms with E-state index in [9.17, 15) is 9.59 Å². The molecule has 0 bridgehead atoms. The van der Waals surface area contributed by atoms with Gasteiger partial charge in [-0.2, -0.15) is 0 Å². The zero-order valence-electron chi connectivity index (χ0n) is 15.6. The highest BCUT2D eigenvalue weighted by Gasteiger charge is 2.31. The average Bonchev–Trinajstić information content (AvgIpc) is 3.27. The van der Waals surface area contributed by atoms with Crippen LogP contribution in [-0.4, -0.2) is 21.4 Å². The molecule has 144 valence electrons. The Morgan fingerprint density at radius 2 is 1.76 bits per heavy atom. The molecule has 1 aromatic heterocycles. The Labute approximate surface area is 171 Å². The summed E-state index contributed by atoms with van der Waals surface area (Å²) in [6.07, 6.45) is 2.07. The van der Waals surface area contributed by atoms with Gasteiger partial charge in [0, 0.05) is 6.42 Å². The summed E-state index contributed by atoms with van der Waals surface area (Å²) in [5, 5.41) is 4.14. The lowest BCUT2D eigenvalue weighted by Gasteiger charge is -2.04. The summed E-state index contributed by atoms with van der Waals surface area (Å²) in [7, 11) is 0. The molecule has 29 heavy (non-hydrogen) atoms. The molecule has 1 aliphatic rings. The second kappa shape index (κ2) is 7.37. The van der Waals surface area contributed by atoms with Crippen molar-refractivity contribution in [3.63, 3.8) is 0 Å². The van der Waals surface area contributed by atoms with Crippen LogP contribution in [-0.2, 0) is 24.1 Å². The van der Waals surface area contributed by atoms with Gasteiger partial charge in [-0.1, -0.05) is 60.3 Å². The van der Waals surface area contributed by atoms with Crippen LogP contribution in [0, 0.1) is 0 Å². The van der Waals surface area contributed by atoms with Crippen LogP contribution >= 0.6 is 11.8 Å². The third kappa shape index (κ3) is 3.76. The number of imide groups is 1. The molecule has 2 amide bonds. The number of aromatic nitrogens is 1. The molecule has 5 nitrogen and oxygen atoms in total. The van der Waals surface area contributed by atoms with Crippen LogP contribution in [0.3, 0.4) is 0 Å². The first-order valence-electron chi connectivity index (χ1n) is 9.51. The molecule has 6 heteroatoms. The van der Waals surface area contributed by atoms with Gasteiger partial charge in [0.15, 0.2) is 11.5 Å². The molecule has 4 aromatic rings. The number of amides is 2. The highest BCUT2D eigenvalue weighted by Crippen LogP contribution is 2.25. The summed E-state index contributed by atoms with van der Waals surface area (Å²) < 4.78 is 5.89. The van der Waals surface area contributed by atoms with Crippen LogP contribution in [0.15, 0.2) is 65.1 Å². The fraction of sp³-hybridized carbons (Fsp3) is 0.174. The normalized spacial score (nSPS) is 16.6. The predicted octanol–water partition coefficient (Wildman–Crippen LogP) is 4.66. The first-order valence-corrected chi connectivity index (χ1v) is 10.4. The molecule has 0 radical (unpaired) electrons. The van der Waals surface area contributed by atoms with Crippen molar-refractivity contribution in [2.45, 2.75) is 24.5 Å². The van der Waals surface area contributed by atoms with Crippen molar-refractivity contribution in [2.75, 3.05) is 0 Å². The molecule has 2 heterocycles. The monoisotopic (exact) mass is 402 g/mol. The van der Waals surface area contributed by atoms with E-state index in [1.165, 1.54) is 16.3 Å². The minimum atomic E-state index is -0.376. The number of aryl methyl sites for hydroxylation is 2. The SMILES string of the molecule is O=C1NC(=O)C(Cc2ccc3oc(CCc4ccc5ccccc5c4)nc3c2)S1. The summed E-state index contributed by atoms with van der Waals surface area (Å²) in [4.78, 5) is 27.7. The Kier molecular flexibility index (Phi) is 4.56. The summed E-state index contributed by atoms with van der Waals surface area (Å²) in [5.41, 5.74) is 3.74. The minimum absolute atomic E-state index is 0.226. The molecule has 3 aromatic carbocycles. The van der Waals surface area contributed by atoms with E-state index in [1.807, 2.05) is 30.3 Å². The van der Waals surface area contributed by atoms with Gasteiger partial charge < -0.3 is 4.42 Å². The van der Waals surface area contributed by atoms with Crippen molar-refractivity contribution in [2.24, 2.45) is 0 Å². The third-order valence-electron chi connectivity index (χ3n) is 5.13. The van der Waals surface area contributed by atoms with E-state index in [2.05, 4.69) is 40.6 Å². The highest BCUT2D eigenvalue weighted by molar-refractivity contribution is 8.15. The molecule has 0 aliphatic carbocycles. The van der Waals surface area contributed by atoms with Crippen LogP contribution in [0.2, 0.25) is 0 Å². The predicted molar refractivity (Wildman–Crippen MR) is 114 cm³/mol. The average molecular weight is 402 g/mol. The summed E-state index contributed by atoms with van der Waals surface area (Å²) in [6, 6.07) is 20.6. The molecular formula is C23H18N2O3S. The number of carbonyl (C=O) groups is 2. The van der Waals surface area contributed by atoms with E-state index in [-0.39, 0.29) is 16.4 Å². The number of oxazole rings is 1. The van der Waals surface area contributed by atoms with Crippen LogP contribution in [0.1, 0.15) is 17.0 Å². The minimum Gasteiger partial charge on any atom is -0.441 e. The van der Waals surface area contributed by atoms with Crippen LogP contribution in [0.4, 0.5) is 4.79 Å².